The average Bonchev–Trinajstić information content (AvgIpc) is 3.02. The van der Waals surface area contributed by atoms with Gasteiger partial charge in [-0.25, -0.2) is 12.8 Å². The maximum Gasteiger partial charge on any atom is 0.264 e. The van der Waals surface area contributed by atoms with E-state index in [0.717, 1.165) is 34.1 Å². The van der Waals surface area contributed by atoms with Crippen LogP contribution in [0.4, 0.5) is 10.1 Å². The van der Waals surface area contributed by atoms with Gasteiger partial charge in [-0.05, 0) is 66.1 Å². The molecule has 0 aliphatic carbocycles. The summed E-state index contributed by atoms with van der Waals surface area (Å²) < 4.78 is 42.4. The number of nitrogens with zero attached hydrogens (tertiary/aromatic N) is 2. The van der Waals surface area contributed by atoms with Crippen LogP contribution in [0.15, 0.2) is 114 Å². The molecule has 7 nitrogen and oxygen atoms in total. The highest BCUT2D eigenvalue weighted by atomic mass is 35.5. The zero-order chi connectivity index (χ0) is 30.8. The number of carbonyl (C=O) groups is 2. The Morgan fingerprint density at radius 2 is 1.44 bits per heavy atom. The smallest absolute Gasteiger partial charge is 0.264 e. The fourth-order valence-electron chi connectivity index (χ4n) is 4.56. The molecule has 1 N–H and O–H groups in total. The average molecular weight is 622 g/mol. The standard InChI is InChI=1S/C33H33ClFN3O4S/c1-2-21-36-33(40)31(22-25-9-5-3-6-10-25)37(23-26-13-15-27(34)16-14-26)32(39)24-38(29-11-7-4-8-12-29)43(41,42)30-19-17-28(35)18-20-30/h3-20,31H,2,21-24H2,1H3,(H,36,40)/t31-/m0/s1. The van der Waals surface area contributed by atoms with Crippen LogP contribution in [-0.4, -0.2) is 44.3 Å². The van der Waals surface area contributed by atoms with Crippen molar-refractivity contribution in [3.63, 3.8) is 0 Å². The Morgan fingerprint density at radius 3 is 2.05 bits per heavy atom. The summed E-state index contributed by atoms with van der Waals surface area (Å²) in [5, 5.41) is 3.43. The number of benzene rings is 4. The fourth-order valence-corrected chi connectivity index (χ4v) is 6.10. The van der Waals surface area contributed by atoms with Crippen molar-refractivity contribution in [2.75, 3.05) is 17.4 Å². The van der Waals surface area contributed by atoms with E-state index in [4.69, 9.17) is 11.6 Å². The molecule has 43 heavy (non-hydrogen) atoms. The van der Waals surface area contributed by atoms with E-state index < -0.39 is 34.3 Å². The Balaban J connectivity index is 1.77. The molecule has 0 fully saturated rings. The minimum absolute atomic E-state index is 0.0340. The van der Waals surface area contributed by atoms with E-state index in [-0.39, 0.29) is 29.5 Å². The summed E-state index contributed by atoms with van der Waals surface area (Å²) in [6, 6.07) is 27.9. The molecule has 0 aliphatic heterocycles. The summed E-state index contributed by atoms with van der Waals surface area (Å²) in [6.07, 6.45) is 0.915. The first-order valence-electron chi connectivity index (χ1n) is 13.9. The molecule has 0 bridgehead atoms. The third kappa shape index (κ3) is 8.43. The highest BCUT2D eigenvalue weighted by molar-refractivity contribution is 7.92. The monoisotopic (exact) mass is 621 g/mol. The van der Waals surface area contributed by atoms with E-state index >= 15 is 0 Å². The van der Waals surface area contributed by atoms with Gasteiger partial charge >= 0.3 is 0 Å². The quantitative estimate of drug-likeness (QED) is 0.203. The molecule has 4 aromatic rings. The second-order valence-electron chi connectivity index (χ2n) is 9.95. The van der Waals surface area contributed by atoms with Crippen molar-refractivity contribution in [2.45, 2.75) is 37.2 Å². The summed E-state index contributed by atoms with van der Waals surface area (Å²) in [7, 11) is -4.30. The number of sulfonamides is 1. The second-order valence-corrected chi connectivity index (χ2v) is 12.2. The lowest BCUT2D eigenvalue weighted by molar-refractivity contribution is -0.140. The van der Waals surface area contributed by atoms with Crippen LogP contribution in [0.2, 0.25) is 5.02 Å². The first-order valence-corrected chi connectivity index (χ1v) is 15.7. The first-order chi connectivity index (χ1) is 20.7. The van der Waals surface area contributed by atoms with E-state index in [1.54, 1.807) is 54.6 Å². The largest absolute Gasteiger partial charge is 0.354 e. The number of halogens is 2. The number of rotatable bonds is 13. The van der Waals surface area contributed by atoms with Gasteiger partial charge in [0.25, 0.3) is 10.0 Å². The van der Waals surface area contributed by atoms with Crippen molar-refractivity contribution in [3.8, 4) is 0 Å². The minimum atomic E-state index is -4.30. The molecule has 10 heteroatoms. The number of para-hydroxylation sites is 1. The predicted octanol–water partition coefficient (Wildman–Crippen LogP) is 5.84. The maximum atomic E-state index is 14.3. The van der Waals surface area contributed by atoms with Crippen molar-refractivity contribution in [1.82, 2.24) is 10.2 Å². The van der Waals surface area contributed by atoms with Gasteiger partial charge in [0, 0.05) is 24.5 Å². The molecule has 0 aromatic heterocycles. The zero-order valence-electron chi connectivity index (χ0n) is 23.7. The fraction of sp³-hybridized carbons (Fsp3) is 0.212. The molecular weight excluding hydrogens is 589 g/mol. The van der Waals surface area contributed by atoms with Gasteiger partial charge in [-0.2, -0.15) is 0 Å². The van der Waals surface area contributed by atoms with Gasteiger partial charge in [-0.15, -0.1) is 0 Å². The molecule has 0 saturated carbocycles. The third-order valence-corrected chi connectivity index (χ3v) is 8.85. The van der Waals surface area contributed by atoms with Crippen LogP contribution in [-0.2, 0) is 32.6 Å². The number of anilines is 1. The molecule has 2 amide bonds. The number of nitrogens with one attached hydrogen (secondary N) is 1. The highest BCUT2D eigenvalue weighted by Gasteiger charge is 2.34. The predicted molar refractivity (Wildman–Crippen MR) is 167 cm³/mol. The van der Waals surface area contributed by atoms with Crippen LogP contribution in [0.1, 0.15) is 24.5 Å². The van der Waals surface area contributed by atoms with E-state index in [1.165, 1.54) is 4.90 Å². The summed E-state index contributed by atoms with van der Waals surface area (Å²) >= 11 is 6.10. The van der Waals surface area contributed by atoms with Crippen molar-refractivity contribution in [3.05, 3.63) is 131 Å². The SMILES string of the molecule is CCCNC(=O)[C@H](Cc1ccccc1)N(Cc1ccc(Cl)cc1)C(=O)CN(c1ccccc1)S(=O)(=O)c1ccc(F)cc1. The molecule has 4 aromatic carbocycles. The number of carbonyl (C=O) groups excluding carboxylic acids is 2. The third-order valence-electron chi connectivity index (χ3n) is 6.81. The molecule has 0 aliphatic rings. The van der Waals surface area contributed by atoms with Gasteiger partial charge in [-0.3, -0.25) is 13.9 Å². The summed E-state index contributed by atoms with van der Waals surface area (Å²) in [4.78, 5) is 29.1. The van der Waals surface area contributed by atoms with Gasteiger partial charge in [0.15, 0.2) is 0 Å². The van der Waals surface area contributed by atoms with Crippen LogP contribution in [0, 0.1) is 5.82 Å². The van der Waals surface area contributed by atoms with Crippen molar-refractivity contribution < 1.29 is 22.4 Å². The Kier molecular flexibility index (Phi) is 10.9. The van der Waals surface area contributed by atoms with E-state index in [1.807, 2.05) is 37.3 Å². The maximum absolute atomic E-state index is 14.3. The van der Waals surface area contributed by atoms with Crippen molar-refractivity contribution >= 4 is 39.1 Å². The first kappa shape index (κ1) is 31.7. The number of hydrogen-bond acceptors (Lipinski definition) is 4. The van der Waals surface area contributed by atoms with Gasteiger partial charge in [0.2, 0.25) is 11.8 Å². The molecular formula is C33H33ClFN3O4S. The minimum Gasteiger partial charge on any atom is -0.354 e. The van der Waals surface area contributed by atoms with Gasteiger partial charge in [0.05, 0.1) is 10.6 Å². The molecule has 4 rings (SSSR count). The molecule has 0 heterocycles. The van der Waals surface area contributed by atoms with Crippen LogP contribution < -0.4 is 9.62 Å². The normalized spacial score (nSPS) is 11.9. The number of amides is 2. The van der Waals surface area contributed by atoms with Gasteiger partial charge < -0.3 is 10.2 Å². The highest BCUT2D eigenvalue weighted by Crippen LogP contribution is 2.25. The zero-order valence-corrected chi connectivity index (χ0v) is 25.3. The lowest BCUT2D eigenvalue weighted by Gasteiger charge is -2.34. The van der Waals surface area contributed by atoms with Crippen molar-refractivity contribution in [2.24, 2.45) is 0 Å². The summed E-state index contributed by atoms with van der Waals surface area (Å²) in [6.45, 7) is 1.79. The van der Waals surface area contributed by atoms with Crippen LogP contribution in [0.5, 0.6) is 0 Å². The van der Waals surface area contributed by atoms with Gasteiger partial charge in [-0.1, -0.05) is 79.2 Å². The molecule has 224 valence electrons. The van der Waals surface area contributed by atoms with E-state index in [0.29, 0.717) is 23.6 Å². The Bertz CT molecular complexity index is 1600. The lowest BCUT2D eigenvalue weighted by atomic mass is 10.0. The van der Waals surface area contributed by atoms with Crippen LogP contribution >= 0.6 is 11.6 Å². The molecule has 0 radical (unpaired) electrons. The summed E-state index contributed by atoms with van der Waals surface area (Å²) in [5.41, 5.74) is 1.81. The Morgan fingerprint density at radius 1 is 0.837 bits per heavy atom. The van der Waals surface area contributed by atoms with E-state index in [9.17, 15) is 22.4 Å². The van der Waals surface area contributed by atoms with E-state index in [2.05, 4.69) is 5.32 Å². The lowest BCUT2D eigenvalue weighted by Crippen LogP contribution is -2.53. The topological polar surface area (TPSA) is 86.8 Å². The Labute approximate surface area is 257 Å². The second kappa shape index (κ2) is 14.8. The molecule has 0 saturated heterocycles. The number of hydrogen-bond donors (Lipinski definition) is 1. The van der Waals surface area contributed by atoms with Crippen LogP contribution in [0.3, 0.4) is 0 Å². The van der Waals surface area contributed by atoms with Gasteiger partial charge in [0.1, 0.15) is 18.4 Å². The molecule has 0 unspecified atom stereocenters. The van der Waals surface area contributed by atoms with Crippen LogP contribution in [0.25, 0.3) is 0 Å². The molecule has 1 atom stereocenters. The molecule has 0 spiro atoms. The summed E-state index contributed by atoms with van der Waals surface area (Å²) in [5.74, 6) is -1.52. The van der Waals surface area contributed by atoms with Crippen molar-refractivity contribution in [1.29, 1.82) is 0 Å². The Hall–Kier alpha value is -4.21.